The summed E-state index contributed by atoms with van der Waals surface area (Å²) in [6.07, 6.45) is 1.13. The maximum absolute atomic E-state index is 3.43. The molecule has 0 saturated carbocycles. The number of benzene rings is 1. The Balaban J connectivity index is 2.31. The van der Waals surface area contributed by atoms with Crippen LogP contribution in [0.5, 0.6) is 0 Å². The van der Waals surface area contributed by atoms with E-state index < -0.39 is 0 Å². The molecule has 3 heteroatoms. The summed E-state index contributed by atoms with van der Waals surface area (Å²) < 4.78 is 0. The molecule has 100 valence electrons. The molecule has 0 radical (unpaired) electrons. The van der Waals surface area contributed by atoms with E-state index in [0.29, 0.717) is 12.1 Å². The number of rotatable bonds is 4. The second-order valence-electron chi connectivity index (χ2n) is 4.93. The molecule has 0 bridgehead atoms. The zero-order chi connectivity index (χ0) is 13.0. The fourth-order valence-electron chi connectivity index (χ4n) is 2.71. The third kappa shape index (κ3) is 2.83. The Bertz CT molecular complexity index is 377. The summed E-state index contributed by atoms with van der Waals surface area (Å²) in [4.78, 5) is 2.58. The summed E-state index contributed by atoms with van der Waals surface area (Å²) in [6, 6.07) is 9.97. The highest BCUT2D eigenvalue weighted by molar-refractivity contribution is 7.99. The van der Waals surface area contributed by atoms with Crippen LogP contribution in [0, 0.1) is 0 Å². The van der Waals surface area contributed by atoms with Gasteiger partial charge in [-0.2, -0.15) is 11.8 Å². The van der Waals surface area contributed by atoms with E-state index in [2.05, 4.69) is 67.1 Å². The van der Waals surface area contributed by atoms with Crippen molar-refractivity contribution in [3.8, 4) is 0 Å². The maximum Gasteiger partial charge on any atom is 0.0417 e. The average molecular weight is 264 g/mol. The maximum atomic E-state index is 3.43. The van der Waals surface area contributed by atoms with Crippen LogP contribution in [0.4, 0.5) is 5.69 Å². The Morgan fingerprint density at radius 2 is 2.22 bits per heavy atom. The monoisotopic (exact) mass is 264 g/mol. The molecule has 1 saturated heterocycles. The van der Waals surface area contributed by atoms with E-state index in [1.54, 1.807) is 0 Å². The van der Waals surface area contributed by atoms with Gasteiger partial charge in [0.2, 0.25) is 0 Å². The van der Waals surface area contributed by atoms with E-state index >= 15 is 0 Å². The molecule has 1 aromatic carbocycles. The van der Waals surface area contributed by atoms with E-state index in [4.69, 9.17) is 0 Å². The van der Waals surface area contributed by atoms with Crippen molar-refractivity contribution in [2.45, 2.75) is 32.4 Å². The zero-order valence-corrected chi connectivity index (χ0v) is 12.5. The minimum Gasteiger partial charge on any atom is -0.367 e. The molecule has 0 aromatic heterocycles. The predicted molar refractivity (Wildman–Crippen MR) is 82.7 cm³/mol. The van der Waals surface area contributed by atoms with Gasteiger partial charge in [-0.1, -0.05) is 25.1 Å². The number of nitrogens with one attached hydrogen (secondary N) is 1. The highest BCUT2D eigenvalue weighted by atomic mass is 32.2. The van der Waals surface area contributed by atoms with Crippen LogP contribution >= 0.6 is 11.8 Å². The average Bonchev–Trinajstić information content (AvgIpc) is 2.41. The summed E-state index contributed by atoms with van der Waals surface area (Å²) in [7, 11) is 2.06. The molecule has 2 atom stereocenters. The van der Waals surface area contributed by atoms with Crippen molar-refractivity contribution < 1.29 is 0 Å². The number of thioether (sulfide) groups is 1. The molecule has 1 aromatic rings. The van der Waals surface area contributed by atoms with E-state index in [9.17, 15) is 0 Å². The minimum absolute atomic E-state index is 0.461. The van der Waals surface area contributed by atoms with Crippen molar-refractivity contribution in [3.05, 3.63) is 29.8 Å². The van der Waals surface area contributed by atoms with Crippen LogP contribution in [0.15, 0.2) is 24.3 Å². The molecule has 2 unspecified atom stereocenters. The summed E-state index contributed by atoms with van der Waals surface area (Å²) in [5.41, 5.74) is 2.87. The number of hydrogen-bond acceptors (Lipinski definition) is 3. The molecule has 1 aliphatic heterocycles. The van der Waals surface area contributed by atoms with Crippen molar-refractivity contribution >= 4 is 17.4 Å². The molecule has 18 heavy (non-hydrogen) atoms. The van der Waals surface area contributed by atoms with Crippen LogP contribution < -0.4 is 10.2 Å². The van der Waals surface area contributed by atoms with Gasteiger partial charge in [0, 0.05) is 35.8 Å². The Kier molecular flexibility index (Phi) is 4.95. The van der Waals surface area contributed by atoms with Gasteiger partial charge in [-0.25, -0.2) is 0 Å². The minimum atomic E-state index is 0.461. The molecular weight excluding hydrogens is 240 g/mol. The second-order valence-corrected chi connectivity index (χ2v) is 6.08. The van der Waals surface area contributed by atoms with Gasteiger partial charge in [-0.3, -0.25) is 0 Å². The molecule has 2 rings (SSSR count). The second kappa shape index (κ2) is 6.48. The van der Waals surface area contributed by atoms with Gasteiger partial charge in [0.25, 0.3) is 0 Å². The first-order valence-corrected chi connectivity index (χ1v) is 8.04. The van der Waals surface area contributed by atoms with Crippen LogP contribution in [-0.4, -0.2) is 31.1 Å². The number of hydrogen-bond donors (Lipinski definition) is 1. The quantitative estimate of drug-likeness (QED) is 0.898. The lowest BCUT2D eigenvalue weighted by Crippen LogP contribution is -2.41. The molecule has 0 aliphatic carbocycles. The van der Waals surface area contributed by atoms with E-state index in [0.717, 1.165) is 6.42 Å². The highest BCUT2D eigenvalue weighted by Gasteiger charge is 2.22. The molecule has 1 fully saturated rings. The van der Waals surface area contributed by atoms with Gasteiger partial charge in [0.15, 0.2) is 0 Å². The lowest BCUT2D eigenvalue weighted by atomic mass is 10.0. The first-order chi connectivity index (χ1) is 8.77. The topological polar surface area (TPSA) is 15.3 Å². The molecule has 0 spiro atoms. The first-order valence-electron chi connectivity index (χ1n) is 6.88. The highest BCUT2D eigenvalue weighted by Crippen LogP contribution is 2.31. The SMILES string of the molecule is CCC(NC)c1ccccc1N1CCSCC1C. The Morgan fingerprint density at radius 3 is 2.89 bits per heavy atom. The number of anilines is 1. The van der Waals surface area contributed by atoms with Crippen molar-refractivity contribution in [1.82, 2.24) is 5.32 Å². The molecule has 1 heterocycles. The number of nitrogens with zero attached hydrogens (tertiary/aromatic N) is 1. The Morgan fingerprint density at radius 1 is 1.44 bits per heavy atom. The van der Waals surface area contributed by atoms with Crippen molar-refractivity contribution in [2.75, 3.05) is 30.0 Å². The van der Waals surface area contributed by atoms with Crippen molar-refractivity contribution in [3.63, 3.8) is 0 Å². The van der Waals surface area contributed by atoms with Gasteiger partial charge in [0.05, 0.1) is 0 Å². The van der Waals surface area contributed by atoms with Gasteiger partial charge < -0.3 is 10.2 Å². The summed E-state index contributed by atoms with van der Waals surface area (Å²) in [5.74, 6) is 2.49. The first kappa shape index (κ1) is 13.8. The molecule has 0 amide bonds. The normalized spacial score (nSPS) is 21.9. The van der Waals surface area contributed by atoms with Crippen molar-refractivity contribution in [2.24, 2.45) is 0 Å². The van der Waals surface area contributed by atoms with Gasteiger partial charge in [-0.15, -0.1) is 0 Å². The molecular formula is C15H24N2S. The number of para-hydroxylation sites is 1. The van der Waals surface area contributed by atoms with E-state index in [1.807, 2.05) is 0 Å². The van der Waals surface area contributed by atoms with Gasteiger partial charge >= 0.3 is 0 Å². The van der Waals surface area contributed by atoms with E-state index in [-0.39, 0.29) is 0 Å². The van der Waals surface area contributed by atoms with Gasteiger partial charge in [0.1, 0.15) is 0 Å². The molecule has 1 aliphatic rings. The largest absolute Gasteiger partial charge is 0.367 e. The standard InChI is InChI=1S/C15H24N2S/c1-4-14(16-3)13-7-5-6-8-15(13)17-9-10-18-11-12(17)2/h5-8,12,14,16H,4,9-11H2,1-3H3. The third-order valence-corrected chi connectivity index (χ3v) is 4.94. The van der Waals surface area contributed by atoms with Gasteiger partial charge in [-0.05, 0) is 32.0 Å². The smallest absolute Gasteiger partial charge is 0.0417 e. The van der Waals surface area contributed by atoms with Crippen LogP contribution in [-0.2, 0) is 0 Å². The zero-order valence-electron chi connectivity index (χ0n) is 11.6. The summed E-state index contributed by atoms with van der Waals surface area (Å²) in [6.45, 7) is 5.75. The fourth-order valence-corrected chi connectivity index (χ4v) is 3.72. The van der Waals surface area contributed by atoms with Crippen molar-refractivity contribution in [1.29, 1.82) is 0 Å². The predicted octanol–water partition coefficient (Wildman–Crippen LogP) is 3.30. The molecule has 2 nitrogen and oxygen atoms in total. The van der Waals surface area contributed by atoms with Crippen LogP contribution in [0.3, 0.4) is 0 Å². The van der Waals surface area contributed by atoms with Crippen LogP contribution in [0.2, 0.25) is 0 Å². The lowest BCUT2D eigenvalue weighted by molar-refractivity contribution is 0.571. The Hall–Kier alpha value is -0.670. The molecule has 1 N–H and O–H groups in total. The fraction of sp³-hybridized carbons (Fsp3) is 0.600. The lowest BCUT2D eigenvalue weighted by Gasteiger charge is -2.37. The third-order valence-electron chi connectivity index (χ3n) is 3.75. The Labute approximate surface area is 115 Å². The van der Waals surface area contributed by atoms with Crippen LogP contribution in [0.25, 0.3) is 0 Å². The van der Waals surface area contributed by atoms with Crippen LogP contribution in [0.1, 0.15) is 31.9 Å². The van der Waals surface area contributed by atoms with E-state index in [1.165, 1.54) is 29.3 Å². The summed E-state index contributed by atoms with van der Waals surface area (Å²) in [5, 5.41) is 3.43. The summed E-state index contributed by atoms with van der Waals surface area (Å²) >= 11 is 2.07.